The molecule has 0 spiro atoms. The number of methoxy groups -OCH3 is 1. The maximum atomic E-state index is 12.4. The molecular formula is C23H20N4O2S. The van der Waals surface area contributed by atoms with E-state index in [1.807, 2.05) is 78.9 Å². The smallest absolute Gasteiger partial charge is 0.255 e. The summed E-state index contributed by atoms with van der Waals surface area (Å²) in [5.41, 5.74) is 3.42. The second-order valence-electron chi connectivity index (χ2n) is 6.50. The molecule has 7 heteroatoms. The number of hydrogen-bond donors (Lipinski definition) is 2. The average molecular weight is 417 g/mol. The maximum Gasteiger partial charge on any atom is 0.255 e. The first kappa shape index (κ1) is 19.7. The van der Waals surface area contributed by atoms with Gasteiger partial charge < -0.3 is 10.1 Å². The molecule has 0 aliphatic heterocycles. The highest BCUT2D eigenvalue weighted by Crippen LogP contribution is 2.23. The van der Waals surface area contributed by atoms with Crippen molar-refractivity contribution in [2.24, 2.45) is 0 Å². The molecule has 0 atom stereocenters. The molecular weight excluding hydrogens is 396 g/mol. The molecule has 4 aromatic rings. The van der Waals surface area contributed by atoms with Gasteiger partial charge in [0.1, 0.15) is 5.75 Å². The number of hydrogen-bond acceptors (Lipinski definition) is 5. The van der Waals surface area contributed by atoms with Gasteiger partial charge in [0.05, 0.1) is 7.11 Å². The van der Waals surface area contributed by atoms with Gasteiger partial charge >= 0.3 is 0 Å². The van der Waals surface area contributed by atoms with Gasteiger partial charge in [-0.05, 0) is 42.0 Å². The zero-order valence-electron chi connectivity index (χ0n) is 16.3. The zero-order chi connectivity index (χ0) is 20.8. The van der Waals surface area contributed by atoms with Gasteiger partial charge in [0.2, 0.25) is 5.16 Å². The molecule has 1 aromatic heterocycles. The Morgan fingerprint density at radius 2 is 1.73 bits per heavy atom. The van der Waals surface area contributed by atoms with Crippen LogP contribution in [0.3, 0.4) is 0 Å². The molecule has 0 saturated heterocycles. The topological polar surface area (TPSA) is 79.9 Å². The van der Waals surface area contributed by atoms with Crippen LogP contribution in [0.4, 0.5) is 5.69 Å². The Kier molecular flexibility index (Phi) is 6.10. The molecule has 1 amide bonds. The van der Waals surface area contributed by atoms with Crippen LogP contribution in [0.5, 0.6) is 5.75 Å². The van der Waals surface area contributed by atoms with Crippen molar-refractivity contribution in [2.45, 2.75) is 10.9 Å². The summed E-state index contributed by atoms with van der Waals surface area (Å²) in [6.07, 6.45) is 0. The number of H-pyrrole nitrogens is 1. The second-order valence-corrected chi connectivity index (χ2v) is 7.44. The first-order valence-corrected chi connectivity index (χ1v) is 10.3. The molecule has 3 aromatic carbocycles. The van der Waals surface area contributed by atoms with Crippen molar-refractivity contribution in [3.05, 3.63) is 90.0 Å². The summed E-state index contributed by atoms with van der Waals surface area (Å²) in [7, 11) is 1.61. The van der Waals surface area contributed by atoms with Gasteiger partial charge in [0.15, 0.2) is 5.82 Å². The molecule has 0 unspecified atom stereocenters. The fourth-order valence-corrected chi connectivity index (χ4v) is 3.57. The van der Waals surface area contributed by atoms with E-state index < -0.39 is 0 Å². The Hall–Kier alpha value is -3.58. The highest BCUT2D eigenvalue weighted by Gasteiger charge is 2.08. The number of carbonyl (C=O) groups excluding carboxylic acids is 1. The predicted molar refractivity (Wildman–Crippen MR) is 119 cm³/mol. The summed E-state index contributed by atoms with van der Waals surface area (Å²) in [5.74, 6) is 2.06. The first-order valence-electron chi connectivity index (χ1n) is 9.36. The number of amides is 1. The summed E-state index contributed by atoms with van der Waals surface area (Å²) >= 11 is 1.54. The minimum Gasteiger partial charge on any atom is -0.497 e. The number of aromatic amines is 1. The second kappa shape index (κ2) is 9.28. The van der Waals surface area contributed by atoms with Gasteiger partial charge in [-0.3, -0.25) is 9.89 Å². The van der Waals surface area contributed by atoms with E-state index in [9.17, 15) is 4.79 Å². The molecule has 4 rings (SSSR count). The van der Waals surface area contributed by atoms with E-state index in [1.54, 1.807) is 18.9 Å². The van der Waals surface area contributed by atoms with Gasteiger partial charge in [-0.25, -0.2) is 4.98 Å². The summed E-state index contributed by atoms with van der Waals surface area (Å²) in [6, 6.07) is 24.7. The molecule has 2 N–H and O–H groups in total. The number of ether oxygens (including phenoxy) is 1. The number of aromatic nitrogens is 3. The maximum absolute atomic E-state index is 12.4. The Balaban J connectivity index is 1.33. The molecule has 150 valence electrons. The Morgan fingerprint density at radius 1 is 1.00 bits per heavy atom. The molecule has 0 radical (unpaired) electrons. The van der Waals surface area contributed by atoms with E-state index in [2.05, 4.69) is 20.5 Å². The van der Waals surface area contributed by atoms with E-state index in [1.165, 1.54) is 0 Å². The third kappa shape index (κ3) is 4.87. The molecule has 0 aliphatic rings. The molecule has 0 aliphatic carbocycles. The molecule has 1 heterocycles. The molecule has 0 bridgehead atoms. The minimum absolute atomic E-state index is 0.152. The van der Waals surface area contributed by atoms with Crippen molar-refractivity contribution < 1.29 is 9.53 Å². The van der Waals surface area contributed by atoms with Gasteiger partial charge in [-0.15, -0.1) is 5.10 Å². The van der Waals surface area contributed by atoms with Crippen molar-refractivity contribution >= 4 is 23.4 Å². The van der Waals surface area contributed by atoms with E-state index in [0.717, 1.165) is 28.4 Å². The quantitative estimate of drug-likeness (QED) is 0.413. The molecule has 0 saturated carbocycles. The Labute approximate surface area is 178 Å². The van der Waals surface area contributed by atoms with Crippen molar-refractivity contribution in [1.82, 2.24) is 15.2 Å². The normalized spacial score (nSPS) is 10.6. The van der Waals surface area contributed by atoms with Crippen molar-refractivity contribution in [2.75, 3.05) is 12.4 Å². The average Bonchev–Trinajstić information content (AvgIpc) is 3.28. The van der Waals surface area contributed by atoms with Crippen LogP contribution in [0.25, 0.3) is 11.4 Å². The number of thioether (sulfide) groups is 1. The lowest BCUT2D eigenvalue weighted by Crippen LogP contribution is -2.11. The van der Waals surface area contributed by atoms with Crippen LogP contribution in [-0.4, -0.2) is 28.2 Å². The Bertz CT molecular complexity index is 1110. The van der Waals surface area contributed by atoms with Crippen LogP contribution >= 0.6 is 11.8 Å². The molecule has 30 heavy (non-hydrogen) atoms. The fraction of sp³-hybridized carbons (Fsp3) is 0.0870. The lowest BCUT2D eigenvalue weighted by Gasteiger charge is -2.07. The number of anilines is 1. The van der Waals surface area contributed by atoms with Gasteiger partial charge in [-0.2, -0.15) is 0 Å². The van der Waals surface area contributed by atoms with Gasteiger partial charge in [-0.1, -0.05) is 54.2 Å². The van der Waals surface area contributed by atoms with Gasteiger partial charge in [0, 0.05) is 22.6 Å². The van der Waals surface area contributed by atoms with Gasteiger partial charge in [0.25, 0.3) is 5.91 Å². The fourth-order valence-electron chi connectivity index (χ4n) is 2.81. The van der Waals surface area contributed by atoms with E-state index in [-0.39, 0.29) is 5.91 Å². The van der Waals surface area contributed by atoms with E-state index in [4.69, 9.17) is 4.74 Å². The molecule has 0 fully saturated rings. The van der Waals surface area contributed by atoms with Crippen LogP contribution < -0.4 is 10.1 Å². The van der Waals surface area contributed by atoms with Crippen LogP contribution in [0.1, 0.15) is 15.9 Å². The largest absolute Gasteiger partial charge is 0.497 e. The summed E-state index contributed by atoms with van der Waals surface area (Å²) < 4.78 is 5.13. The number of benzene rings is 3. The predicted octanol–water partition coefficient (Wildman–Crippen LogP) is 5.02. The highest BCUT2D eigenvalue weighted by atomic mass is 32.2. The third-order valence-electron chi connectivity index (χ3n) is 4.44. The van der Waals surface area contributed by atoms with E-state index in [0.29, 0.717) is 16.5 Å². The third-order valence-corrected chi connectivity index (χ3v) is 5.36. The lowest BCUT2D eigenvalue weighted by molar-refractivity contribution is 0.102. The standard InChI is InChI=1S/C23H20N4O2S/c1-29-20-13-11-19(12-14-20)24-22(28)18-9-7-16(8-10-18)15-30-23-25-21(26-27-23)17-5-3-2-4-6-17/h2-14H,15H2,1H3,(H,24,28)(H,25,26,27). The summed E-state index contributed by atoms with van der Waals surface area (Å²) in [4.78, 5) is 16.9. The number of nitrogens with zero attached hydrogens (tertiary/aromatic N) is 2. The monoisotopic (exact) mass is 416 g/mol. The van der Waals surface area contributed by atoms with Crippen molar-refractivity contribution in [3.63, 3.8) is 0 Å². The minimum atomic E-state index is -0.152. The van der Waals surface area contributed by atoms with Crippen molar-refractivity contribution in [1.29, 1.82) is 0 Å². The Morgan fingerprint density at radius 3 is 2.43 bits per heavy atom. The first-order chi connectivity index (χ1) is 14.7. The van der Waals surface area contributed by atoms with E-state index >= 15 is 0 Å². The number of carbonyl (C=O) groups is 1. The highest BCUT2D eigenvalue weighted by molar-refractivity contribution is 7.98. The number of rotatable bonds is 7. The molecule has 6 nitrogen and oxygen atoms in total. The SMILES string of the molecule is COc1ccc(NC(=O)c2ccc(CSc3n[nH]c(-c4ccccc4)n3)cc2)cc1. The van der Waals surface area contributed by atoms with Crippen LogP contribution in [0.2, 0.25) is 0 Å². The zero-order valence-corrected chi connectivity index (χ0v) is 17.1. The summed E-state index contributed by atoms with van der Waals surface area (Å²) in [5, 5.41) is 10.8. The lowest BCUT2D eigenvalue weighted by atomic mass is 10.1. The van der Waals surface area contributed by atoms with Crippen LogP contribution in [-0.2, 0) is 5.75 Å². The number of nitrogens with one attached hydrogen (secondary N) is 2. The summed E-state index contributed by atoms with van der Waals surface area (Å²) in [6.45, 7) is 0. The van der Waals surface area contributed by atoms with Crippen LogP contribution in [0.15, 0.2) is 84.0 Å². The van der Waals surface area contributed by atoms with Crippen molar-refractivity contribution in [3.8, 4) is 17.1 Å². The van der Waals surface area contributed by atoms with Crippen LogP contribution in [0, 0.1) is 0 Å².